The highest BCUT2D eigenvalue weighted by Crippen LogP contribution is 2.55. The van der Waals surface area contributed by atoms with E-state index in [1.807, 2.05) is 6.07 Å². The second kappa shape index (κ2) is 10.4. The van der Waals surface area contributed by atoms with E-state index in [0.717, 1.165) is 44.1 Å². The molecule has 49 heavy (non-hydrogen) atoms. The van der Waals surface area contributed by atoms with Crippen LogP contribution < -0.4 is 4.90 Å². The van der Waals surface area contributed by atoms with Gasteiger partial charge in [0.25, 0.3) is 0 Å². The molecule has 1 heterocycles. The first kappa shape index (κ1) is 27.9. The van der Waals surface area contributed by atoms with Gasteiger partial charge in [-0.15, -0.1) is 0 Å². The van der Waals surface area contributed by atoms with E-state index in [4.69, 9.17) is 4.42 Å². The Kier molecular flexibility index (Phi) is 5.95. The number of furan rings is 1. The van der Waals surface area contributed by atoms with Gasteiger partial charge in [0.2, 0.25) is 0 Å². The van der Waals surface area contributed by atoms with Gasteiger partial charge in [0.1, 0.15) is 11.2 Å². The molecule has 2 heteroatoms. The highest BCUT2D eigenvalue weighted by atomic mass is 16.3. The molecule has 9 aromatic rings. The lowest BCUT2D eigenvalue weighted by Crippen LogP contribution is -2.16. The zero-order valence-corrected chi connectivity index (χ0v) is 27.4. The first-order valence-corrected chi connectivity index (χ1v) is 17.0. The van der Waals surface area contributed by atoms with Crippen LogP contribution in [0.2, 0.25) is 0 Å². The Labute approximate surface area is 285 Å². The van der Waals surface area contributed by atoms with Crippen LogP contribution in [-0.2, 0) is 5.41 Å². The van der Waals surface area contributed by atoms with E-state index >= 15 is 0 Å². The van der Waals surface area contributed by atoms with Crippen molar-refractivity contribution < 1.29 is 4.42 Å². The Balaban J connectivity index is 1.27. The molecule has 0 saturated carbocycles. The number of fused-ring (bicyclic) bond motifs is 9. The normalized spacial score (nSPS) is 13.3. The Morgan fingerprint density at radius 2 is 1.10 bits per heavy atom. The third-order valence-electron chi connectivity index (χ3n) is 10.7. The number of anilines is 3. The van der Waals surface area contributed by atoms with Crippen molar-refractivity contribution in [1.29, 1.82) is 0 Å². The Hall–Kier alpha value is -6.12. The van der Waals surface area contributed by atoms with E-state index in [-0.39, 0.29) is 5.41 Å². The smallest absolute Gasteiger partial charge is 0.143 e. The lowest BCUT2D eigenvalue weighted by atomic mass is 9.82. The van der Waals surface area contributed by atoms with Gasteiger partial charge in [-0.05, 0) is 75.0 Å². The van der Waals surface area contributed by atoms with Crippen LogP contribution in [0.5, 0.6) is 0 Å². The molecular weight excluding hydrogens is 595 g/mol. The monoisotopic (exact) mass is 627 g/mol. The van der Waals surface area contributed by atoms with E-state index in [1.54, 1.807) is 0 Å². The molecule has 0 N–H and O–H groups in total. The average Bonchev–Trinajstić information content (AvgIpc) is 3.65. The van der Waals surface area contributed by atoms with Crippen LogP contribution in [-0.4, -0.2) is 0 Å². The predicted molar refractivity (Wildman–Crippen MR) is 206 cm³/mol. The van der Waals surface area contributed by atoms with Crippen molar-refractivity contribution in [3.63, 3.8) is 0 Å². The number of rotatable bonds is 4. The van der Waals surface area contributed by atoms with Crippen molar-refractivity contribution in [2.45, 2.75) is 19.3 Å². The minimum absolute atomic E-state index is 0.113. The summed E-state index contributed by atoms with van der Waals surface area (Å²) in [7, 11) is 0. The summed E-state index contributed by atoms with van der Waals surface area (Å²) < 4.78 is 6.56. The first-order valence-electron chi connectivity index (χ1n) is 17.0. The maximum Gasteiger partial charge on any atom is 0.143 e. The lowest BCUT2D eigenvalue weighted by Gasteiger charge is -2.30. The zero-order chi connectivity index (χ0) is 32.7. The standard InChI is InChI=1S/C47H33NO/c1-47(2)40-22-7-5-19-39(40)45-41(47)23-12-25-43(45)48(32-16-9-15-31(29-32)34-20-10-14-30-13-3-4-17-33(30)34)42-24-11-21-37-35(42)27-28-38-36-18-6-8-26-44(36)49-46(37)38/h3-29H,1-2H3. The highest BCUT2D eigenvalue weighted by Gasteiger charge is 2.37. The molecule has 0 radical (unpaired) electrons. The van der Waals surface area contributed by atoms with E-state index in [1.165, 1.54) is 49.8 Å². The van der Waals surface area contributed by atoms with Gasteiger partial charge >= 0.3 is 0 Å². The molecule has 0 aliphatic heterocycles. The second-order valence-corrected chi connectivity index (χ2v) is 13.7. The van der Waals surface area contributed by atoms with E-state index < -0.39 is 0 Å². The SMILES string of the molecule is CC1(C)c2ccccc2-c2c(N(c3cccc(-c4cccc5ccccc45)c3)c3cccc4c3ccc3c5ccccc5oc43)cccc21. The summed E-state index contributed by atoms with van der Waals surface area (Å²) >= 11 is 0. The minimum Gasteiger partial charge on any atom is -0.455 e. The molecule has 0 unspecified atom stereocenters. The Morgan fingerprint density at radius 3 is 2.04 bits per heavy atom. The van der Waals surface area contributed by atoms with Gasteiger partial charge < -0.3 is 9.32 Å². The molecule has 0 spiro atoms. The molecule has 232 valence electrons. The topological polar surface area (TPSA) is 16.4 Å². The van der Waals surface area contributed by atoms with Crippen molar-refractivity contribution in [3.8, 4) is 22.3 Å². The molecule has 0 saturated heterocycles. The fourth-order valence-corrected chi connectivity index (χ4v) is 8.34. The van der Waals surface area contributed by atoms with Gasteiger partial charge in [0, 0.05) is 38.2 Å². The summed E-state index contributed by atoms with van der Waals surface area (Å²) in [6.45, 7) is 4.70. The summed E-state index contributed by atoms with van der Waals surface area (Å²) in [6.07, 6.45) is 0. The summed E-state index contributed by atoms with van der Waals surface area (Å²) in [4.78, 5) is 2.47. The molecule has 0 atom stereocenters. The van der Waals surface area contributed by atoms with Gasteiger partial charge in [-0.1, -0.05) is 141 Å². The van der Waals surface area contributed by atoms with Crippen molar-refractivity contribution >= 4 is 60.5 Å². The molecule has 2 nitrogen and oxygen atoms in total. The molecule has 10 rings (SSSR count). The molecule has 1 aliphatic rings. The van der Waals surface area contributed by atoms with E-state index in [2.05, 4.69) is 176 Å². The second-order valence-electron chi connectivity index (χ2n) is 13.7. The summed E-state index contributed by atoms with van der Waals surface area (Å²) in [6, 6.07) is 59.5. The van der Waals surface area contributed by atoms with Gasteiger partial charge in [-0.25, -0.2) is 0 Å². The maximum absolute atomic E-state index is 6.56. The largest absolute Gasteiger partial charge is 0.455 e. The van der Waals surface area contributed by atoms with E-state index in [0.29, 0.717) is 0 Å². The highest BCUT2D eigenvalue weighted by molar-refractivity contribution is 6.18. The maximum atomic E-state index is 6.56. The van der Waals surface area contributed by atoms with Crippen LogP contribution in [0, 0.1) is 0 Å². The molecule has 0 bridgehead atoms. The predicted octanol–water partition coefficient (Wildman–Crippen LogP) is 13.3. The number of nitrogens with zero attached hydrogens (tertiary/aromatic N) is 1. The lowest BCUT2D eigenvalue weighted by molar-refractivity contribution is 0.660. The zero-order valence-electron chi connectivity index (χ0n) is 27.4. The molecular formula is C47H33NO. The molecule has 0 fully saturated rings. The van der Waals surface area contributed by atoms with Gasteiger partial charge in [0.05, 0.1) is 11.4 Å². The first-order chi connectivity index (χ1) is 24.1. The molecule has 0 amide bonds. The molecule has 1 aromatic heterocycles. The number of hydrogen-bond donors (Lipinski definition) is 0. The van der Waals surface area contributed by atoms with Crippen molar-refractivity contribution in [3.05, 3.63) is 175 Å². The third kappa shape index (κ3) is 4.07. The van der Waals surface area contributed by atoms with E-state index in [9.17, 15) is 0 Å². The number of para-hydroxylation sites is 1. The quantitative estimate of drug-likeness (QED) is 0.193. The van der Waals surface area contributed by atoms with Gasteiger partial charge in [-0.2, -0.15) is 0 Å². The molecule has 8 aromatic carbocycles. The summed E-state index contributed by atoms with van der Waals surface area (Å²) in [5.41, 5.74) is 12.8. The Bertz CT molecular complexity index is 2760. The van der Waals surface area contributed by atoms with Crippen molar-refractivity contribution in [2.75, 3.05) is 4.90 Å². The third-order valence-corrected chi connectivity index (χ3v) is 10.7. The van der Waals surface area contributed by atoms with Crippen LogP contribution >= 0.6 is 0 Å². The fraction of sp³-hybridized carbons (Fsp3) is 0.0638. The summed E-state index contributed by atoms with van der Waals surface area (Å²) in [5, 5.41) is 7.03. The van der Waals surface area contributed by atoms with Gasteiger partial charge in [0.15, 0.2) is 0 Å². The van der Waals surface area contributed by atoms with Crippen LogP contribution in [0.3, 0.4) is 0 Å². The van der Waals surface area contributed by atoms with Crippen molar-refractivity contribution in [2.24, 2.45) is 0 Å². The average molecular weight is 628 g/mol. The molecule has 1 aliphatic carbocycles. The number of benzene rings is 8. The minimum atomic E-state index is -0.113. The van der Waals surface area contributed by atoms with Crippen molar-refractivity contribution in [1.82, 2.24) is 0 Å². The van der Waals surface area contributed by atoms with Crippen LogP contribution in [0.4, 0.5) is 17.1 Å². The van der Waals surface area contributed by atoms with Crippen LogP contribution in [0.25, 0.3) is 65.7 Å². The Morgan fingerprint density at radius 1 is 0.469 bits per heavy atom. The fourth-order valence-electron chi connectivity index (χ4n) is 8.34. The van der Waals surface area contributed by atoms with Gasteiger partial charge in [-0.3, -0.25) is 0 Å². The van der Waals surface area contributed by atoms with Crippen LogP contribution in [0.1, 0.15) is 25.0 Å². The summed E-state index contributed by atoms with van der Waals surface area (Å²) in [5.74, 6) is 0. The number of hydrogen-bond acceptors (Lipinski definition) is 2. The van der Waals surface area contributed by atoms with Crippen LogP contribution in [0.15, 0.2) is 168 Å².